The average molecular weight is 882 g/mol. The number of aryl methyl sites for hydroxylation is 2. The Morgan fingerprint density at radius 1 is 0.892 bits per heavy atom. The molecule has 5 amide bonds. The van der Waals surface area contributed by atoms with Gasteiger partial charge in [0.05, 0.1) is 35.4 Å². The third-order valence-electron chi connectivity index (χ3n) is 13.8. The van der Waals surface area contributed by atoms with Gasteiger partial charge in [0, 0.05) is 101 Å². The maximum Gasteiger partial charge on any atom is 0.280 e. The minimum atomic E-state index is -0.639. The Bertz CT molecular complexity index is 2610. The molecule has 1 unspecified atom stereocenters. The monoisotopic (exact) mass is 881 g/mol. The molecule has 3 saturated heterocycles. The number of imide groups is 1. The van der Waals surface area contributed by atoms with E-state index in [2.05, 4.69) is 60.5 Å². The SMILES string of the molecule is Cc1cc2cc(n1)-c1cnn(C)c1OCCC[C@@H](C)CN1/C(=N/C2=O)Nc2ccc(CN3CCN(C(=O)C4CCN(c5ccc6c(c5)CN(C5CCC(=O)NC5=O)C6=O)CC4)CC3)cc21. The van der Waals surface area contributed by atoms with E-state index in [1.807, 2.05) is 37.1 Å². The molecule has 3 fully saturated rings. The van der Waals surface area contributed by atoms with E-state index in [9.17, 15) is 24.0 Å². The summed E-state index contributed by atoms with van der Waals surface area (Å²) >= 11 is 0. The van der Waals surface area contributed by atoms with Crippen molar-refractivity contribution in [2.75, 3.05) is 67.5 Å². The van der Waals surface area contributed by atoms with Crippen molar-refractivity contribution in [2.45, 2.75) is 71.5 Å². The lowest BCUT2D eigenvalue weighted by Crippen LogP contribution is -2.52. The van der Waals surface area contributed by atoms with Crippen molar-refractivity contribution in [3.8, 4) is 17.1 Å². The number of guanidine groups is 1. The number of piperazine rings is 1. The largest absolute Gasteiger partial charge is 0.477 e. The van der Waals surface area contributed by atoms with Gasteiger partial charge < -0.3 is 29.7 Å². The number of aliphatic imine (C=N–C) groups is 1. The molecule has 2 bridgehead atoms. The van der Waals surface area contributed by atoms with E-state index in [1.54, 1.807) is 27.9 Å². The van der Waals surface area contributed by atoms with Crippen molar-refractivity contribution in [1.82, 2.24) is 34.8 Å². The summed E-state index contributed by atoms with van der Waals surface area (Å²) in [5, 5.41) is 10.2. The molecule has 2 aromatic heterocycles. The van der Waals surface area contributed by atoms with Crippen molar-refractivity contribution < 1.29 is 28.7 Å². The van der Waals surface area contributed by atoms with E-state index in [0.29, 0.717) is 73.6 Å². The van der Waals surface area contributed by atoms with Crippen LogP contribution in [0.15, 0.2) is 59.7 Å². The highest BCUT2D eigenvalue weighted by molar-refractivity contribution is 6.19. The van der Waals surface area contributed by atoms with E-state index >= 15 is 0 Å². The van der Waals surface area contributed by atoms with Gasteiger partial charge in [-0.25, -0.2) is 4.68 Å². The van der Waals surface area contributed by atoms with Gasteiger partial charge >= 0.3 is 0 Å². The first-order valence-electron chi connectivity index (χ1n) is 22.9. The smallest absolute Gasteiger partial charge is 0.280 e. The van der Waals surface area contributed by atoms with Crippen LogP contribution in [0.2, 0.25) is 0 Å². The van der Waals surface area contributed by atoms with Crippen LogP contribution in [0.25, 0.3) is 11.3 Å². The van der Waals surface area contributed by atoms with Crippen LogP contribution in [0.5, 0.6) is 5.88 Å². The van der Waals surface area contributed by atoms with E-state index < -0.39 is 11.9 Å². The molecule has 8 heterocycles. The molecule has 0 aliphatic carbocycles. The summed E-state index contributed by atoms with van der Waals surface area (Å²) < 4.78 is 7.95. The topological polar surface area (TPSA) is 178 Å². The van der Waals surface area contributed by atoms with Gasteiger partial charge in [-0.1, -0.05) is 13.0 Å². The molecule has 6 aliphatic heterocycles. The minimum Gasteiger partial charge on any atom is -0.477 e. The molecular formula is C48H55N11O6. The maximum atomic E-state index is 13.8. The second-order valence-corrected chi connectivity index (χ2v) is 18.4. The Morgan fingerprint density at radius 3 is 2.51 bits per heavy atom. The number of piperidine rings is 2. The predicted octanol–water partition coefficient (Wildman–Crippen LogP) is 4.35. The molecule has 338 valence electrons. The molecule has 17 nitrogen and oxygen atoms in total. The van der Waals surface area contributed by atoms with Gasteiger partial charge in [0.25, 0.3) is 11.8 Å². The second kappa shape index (κ2) is 17.4. The number of hydrogen-bond donors (Lipinski definition) is 2. The molecule has 6 aliphatic rings. The summed E-state index contributed by atoms with van der Waals surface area (Å²) in [4.78, 5) is 84.9. The Balaban J connectivity index is 0.752. The molecule has 2 atom stereocenters. The number of aromatic nitrogens is 3. The zero-order chi connectivity index (χ0) is 44.9. The molecule has 0 radical (unpaired) electrons. The number of rotatable bonds is 5. The van der Waals surface area contributed by atoms with Crippen LogP contribution in [0.4, 0.5) is 17.1 Å². The molecule has 10 rings (SSSR count). The Hall–Kier alpha value is -6.62. The van der Waals surface area contributed by atoms with Crippen LogP contribution < -0.4 is 25.2 Å². The van der Waals surface area contributed by atoms with Crippen molar-refractivity contribution in [1.29, 1.82) is 0 Å². The lowest BCUT2D eigenvalue weighted by molar-refractivity contribution is -0.138. The minimum absolute atomic E-state index is 0.0322. The number of nitrogens with zero attached hydrogens (tertiary/aromatic N) is 9. The average Bonchev–Trinajstić information content (AvgIpc) is 3.95. The van der Waals surface area contributed by atoms with Crippen LogP contribution in [-0.2, 0) is 34.5 Å². The van der Waals surface area contributed by atoms with Crippen LogP contribution in [0.1, 0.15) is 83.0 Å². The first kappa shape index (κ1) is 42.3. The highest BCUT2D eigenvalue weighted by atomic mass is 16.5. The van der Waals surface area contributed by atoms with E-state index in [1.165, 1.54) is 0 Å². The molecule has 2 N–H and O–H groups in total. The summed E-state index contributed by atoms with van der Waals surface area (Å²) in [6, 6.07) is 15.1. The van der Waals surface area contributed by atoms with Crippen LogP contribution >= 0.6 is 0 Å². The molecule has 65 heavy (non-hydrogen) atoms. The molecule has 2 aromatic carbocycles. The second-order valence-electron chi connectivity index (χ2n) is 18.4. The molecule has 17 heteroatoms. The van der Waals surface area contributed by atoms with Crippen molar-refractivity contribution in [2.24, 2.45) is 23.9 Å². The first-order chi connectivity index (χ1) is 31.4. The lowest BCUT2D eigenvalue weighted by Gasteiger charge is -2.39. The van der Waals surface area contributed by atoms with Crippen molar-refractivity contribution >= 4 is 52.6 Å². The summed E-state index contributed by atoms with van der Waals surface area (Å²) in [6.45, 7) is 10.8. The highest BCUT2D eigenvalue weighted by Gasteiger charge is 2.40. The molecule has 0 saturated carbocycles. The quantitative estimate of drug-likeness (QED) is 0.272. The third kappa shape index (κ3) is 8.44. The fourth-order valence-electron chi connectivity index (χ4n) is 10.2. The molecule has 0 spiro atoms. The Labute approximate surface area is 377 Å². The van der Waals surface area contributed by atoms with Gasteiger partial charge in [0.2, 0.25) is 29.6 Å². The van der Waals surface area contributed by atoms with Crippen molar-refractivity contribution in [3.63, 3.8) is 0 Å². The fraction of sp³-hybridized carbons (Fsp3) is 0.458. The van der Waals surface area contributed by atoms with Crippen LogP contribution in [0, 0.1) is 18.8 Å². The maximum absolute atomic E-state index is 13.8. The van der Waals surface area contributed by atoms with Gasteiger partial charge in [-0.15, -0.1) is 0 Å². The standard InChI is InChI=1S/C48H55N11O6/c1-29-5-4-20-65-47-37(25-49-54(47)3)39-24-33(21-30(2)50-39)43(61)53-48-51-38-9-6-31(22-41(38)59(48)26-29)27-55-16-18-57(19-17-55)45(63)32-12-14-56(15-13-32)35-7-8-36-34(23-35)28-58(46(36)64)40-10-11-42(60)52-44(40)62/h6-9,21-25,29,32,40H,4-5,10-20,26-28H2,1-3H3,(H,51,53,61)(H,52,60,62)/t29-,40?/m1/s1. The Kier molecular flexibility index (Phi) is 11.3. The fourth-order valence-corrected chi connectivity index (χ4v) is 10.2. The van der Waals surface area contributed by atoms with E-state index in [0.717, 1.165) is 92.2 Å². The van der Waals surface area contributed by atoms with Gasteiger partial charge in [-0.2, -0.15) is 10.1 Å². The number of benzene rings is 2. The predicted molar refractivity (Wildman–Crippen MR) is 244 cm³/mol. The van der Waals surface area contributed by atoms with Gasteiger partial charge in [-0.05, 0) is 98.5 Å². The third-order valence-corrected chi connectivity index (χ3v) is 13.8. The summed E-state index contributed by atoms with van der Waals surface area (Å²) in [7, 11) is 1.84. The number of pyridine rings is 1. The van der Waals surface area contributed by atoms with Crippen LogP contribution in [-0.4, -0.2) is 123 Å². The summed E-state index contributed by atoms with van der Waals surface area (Å²) in [5.41, 5.74) is 8.06. The van der Waals surface area contributed by atoms with Gasteiger partial charge in [-0.3, -0.25) is 39.2 Å². The number of nitrogens with one attached hydrogen (secondary N) is 2. The zero-order valence-corrected chi connectivity index (χ0v) is 37.2. The van der Waals surface area contributed by atoms with Crippen molar-refractivity contribution in [3.05, 3.63) is 82.7 Å². The summed E-state index contributed by atoms with van der Waals surface area (Å²) in [5.74, 6) is 0.370. The molecular weight excluding hydrogens is 827 g/mol. The van der Waals surface area contributed by atoms with Crippen LogP contribution in [0.3, 0.4) is 0 Å². The Morgan fingerprint density at radius 2 is 1.71 bits per heavy atom. The highest BCUT2D eigenvalue weighted by Crippen LogP contribution is 2.37. The zero-order valence-electron chi connectivity index (χ0n) is 37.2. The molecule has 4 aromatic rings. The number of anilines is 3. The van der Waals surface area contributed by atoms with E-state index in [4.69, 9.17) is 9.72 Å². The number of ether oxygens (including phenoxy) is 1. The van der Waals surface area contributed by atoms with E-state index in [-0.39, 0.29) is 41.9 Å². The van der Waals surface area contributed by atoms with Gasteiger partial charge in [0.1, 0.15) is 6.04 Å². The number of fused-ring (bicyclic) bond motifs is 8. The number of amides is 5. The first-order valence-corrected chi connectivity index (χ1v) is 22.9. The number of hydrogen-bond acceptors (Lipinski definition) is 12. The van der Waals surface area contributed by atoms with Gasteiger partial charge in [0.15, 0.2) is 0 Å². The number of carbonyl (C=O) groups is 5. The summed E-state index contributed by atoms with van der Waals surface area (Å²) in [6.07, 6.45) is 5.57. The normalized spacial score (nSPS) is 22.7. The number of carbonyl (C=O) groups excluding carboxylic acids is 5. The lowest BCUT2D eigenvalue weighted by atomic mass is 9.94.